The number of anilines is 1. The van der Waals surface area contributed by atoms with Gasteiger partial charge in [0.2, 0.25) is 0 Å². The van der Waals surface area contributed by atoms with E-state index in [-0.39, 0.29) is 12.0 Å². The van der Waals surface area contributed by atoms with Crippen LogP contribution < -0.4 is 10.2 Å². The lowest BCUT2D eigenvalue weighted by atomic mass is 10.2. The molecule has 1 N–H and O–H groups in total. The van der Waals surface area contributed by atoms with Gasteiger partial charge in [-0.25, -0.2) is 9.48 Å². The van der Waals surface area contributed by atoms with E-state index in [1.54, 1.807) is 27.9 Å². The molecule has 1 saturated heterocycles. The standard InChI is InChI=1S/C20H17ClN4O3/c21-16-4-6-17(7-5-16)25-13-15(12-23-25)19(26)22-11-14-2-1-3-18(10-14)24-8-9-28-20(24)27/h1-7,10,12-13H,8-9,11H2,(H,22,26). The highest BCUT2D eigenvalue weighted by molar-refractivity contribution is 6.30. The summed E-state index contributed by atoms with van der Waals surface area (Å²) in [6.45, 7) is 1.25. The molecule has 2 amide bonds. The van der Waals surface area contributed by atoms with Gasteiger partial charge in [-0.3, -0.25) is 9.69 Å². The van der Waals surface area contributed by atoms with Gasteiger partial charge < -0.3 is 10.1 Å². The summed E-state index contributed by atoms with van der Waals surface area (Å²) in [6, 6.07) is 14.6. The van der Waals surface area contributed by atoms with Crippen molar-refractivity contribution in [2.24, 2.45) is 0 Å². The molecule has 28 heavy (non-hydrogen) atoms. The van der Waals surface area contributed by atoms with E-state index in [4.69, 9.17) is 16.3 Å². The highest BCUT2D eigenvalue weighted by Gasteiger charge is 2.23. The largest absolute Gasteiger partial charge is 0.447 e. The lowest BCUT2D eigenvalue weighted by Gasteiger charge is -2.14. The van der Waals surface area contributed by atoms with Crippen molar-refractivity contribution >= 4 is 29.3 Å². The summed E-state index contributed by atoms with van der Waals surface area (Å²) in [4.78, 5) is 25.7. The van der Waals surface area contributed by atoms with E-state index in [1.807, 2.05) is 36.4 Å². The van der Waals surface area contributed by atoms with Crippen LogP contribution in [0, 0.1) is 0 Å². The Labute approximate surface area is 166 Å². The van der Waals surface area contributed by atoms with Crippen molar-refractivity contribution in [3.8, 4) is 5.69 Å². The van der Waals surface area contributed by atoms with Gasteiger partial charge in [-0.1, -0.05) is 23.7 Å². The summed E-state index contributed by atoms with van der Waals surface area (Å²) in [5, 5.41) is 7.73. The average molecular weight is 397 g/mol. The van der Waals surface area contributed by atoms with Crippen molar-refractivity contribution in [1.29, 1.82) is 0 Å². The Kier molecular flexibility index (Phi) is 4.99. The number of halogens is 1. The molecule has 1 fully saturated rings. The van der Waals surface area contributed by atoms with Gasteiger partial charge in [0, 0.05) is 23.5 Å². The summed E-state index contributed by atoms with van der Waals surface area (Å²) in [5.74, 6) is -0.230. The van der Waals surface area contributed by atoms with Crippen molar-refractivity contribution in [2.75, 3.05) is 18.1 Å². The molecule has 142 valence electrons. The second-order valence-electron chi connectivity index (χ2n) is 6.27. The van der Waals surface area contributed by atoms with Crippen molar-refractivity contribution < 1.29 is 14.3 Å². The third kappa shape index (κ3) is 3.84. The summed E-state index contributed by atoms with van der Waals surface area (Å²) in [5.41, 5.74) is 2.91. The Balaban J connectivity index is 1.41. The van der Waals surface area contributed by atoms with Gasteiger partial charge in [-0.15, -0.1) is 0 Å². The van der Waals surface area contributed by atoms with Crippen LogP contribution in [-0.4, -0.2) is 34.9 Å². The van der Waals surface area contributed by atoms with Crippen LogP contribution in [0.15, 0.2) is 60.9 Å². The molecule has 4 rings (SSSR count). The van der Waals surface area contributed by atoms with Gasteiger partial charge >= 0.3 is 6.09 Å². The lowest BCUT2D eigenvalue weighted by molar-refractivity contribution is 0.0951. The third-order valence-corrected chi connectivity index (χ3v) is 4.62. The first kappa shape index (κ1) is 18.1. The Hall–Kier alpha value is -3.32. The van der Waals surface area contributed by atoms with E-state index in [0.29, 0.717) is 30.3 Å². The van der Waals surface area contributed by atoms with Crippen LogP contribution in [0.1, 0.15) is 15.9 Å². The molecule has 1 aliphatic rings. The molecule has 2 aromatic carbocycles. The zero-order valence-electron chi connectivity index (χ0n) is 14.8. The van der Waals surface area contributed by atoms with Gasteiger partial charge in [0.05, 0.1) is 24.0 Å². The molecule has 0 atom stereocenters. The molecule has 8 heteroatoms. The maximum absolute atomic E-state index is 12.4. The molecular formula is C20H17ClN4O3. The van der Waals surface area contributed by atoms with E-state index in [0.717, 1.165) is 16.9 Å². The SMILES string of the molecule is O=C(NCc1cccc(N2CCOC2=O)c1)c1cnn(-c2ccc(Cl)cc2)c1. The first-order valence-corrected chi connectivity index (χ1v) is 9.10. The van der Waals surface area contributed by atoms with Crippen LogP contribution in [-0.2, 0) is 11.3 Å². The lowest BCUT2D eigenvalue weighted by Crippen LogP contribution is -2.24. The van der Waals surface area contributed by atoms with Crippen molar-refractivity contribution in [2.45, 2.75) is 6.54 Å². The molecule has 0 radical (unpaired) electrons. The molecule has 0 saturated carbocycles. The highest BCUT2D eigenvalue weighted by Crippen LogP contribution is 2.20. The molecule has 1 aromatic heterocycles. The van der Waals surface area contributed by atoms with Crippen LogP contribution in [0.2, 0.25) is 5.02 Å². The number of aromatic nitrogens is 2. The molecular weight excluding hydrogens is 380 g/mol. The number of carbonyl (C=O) groups is 2. The van der Waals surface area contributed by atoms with Crippen molar-refractivity contribution in [3.05, 3.63) is 77.1 Å². The Morgan fingerprint density at radius 1 is 1.18 bits per heavy atom. The molecule has 0 bridgehead atoms. The summed E-state index contributed by atoms with van der Waals surface area (Å²) in [7, 11) is 0. The molecule has 2 heterocycles. The van der Waals surface area contributed by atoms with Gasteiger partial charge in [-0.05, 0) is 42.0 Å². The van der Waals surface area contributed by atoms with E-state index in [9.17, 15) is 9.59 Å². The summed E-state index contributed by atoms with van der Waals surface area (Å²) in [6.07, 6.45) is 2.83. The monoisotopic (exact) mass is 396 g/mol. The van der Waals surface area contributed by atoms with Crippen LogP contribution in [0.3, 0.4) is 0 Å². The number of hydrogen-bond acceptors (Lipinski definition) is 4. The Bertz CT molecular complexity index is 1020. The first-order valence-electron chi connectivity index (χ1n) is 8.72. The number of carbonyl (C=O) groups excluding carboxylic acids is 2. The predicted molar refractivity (Wildman–Crippen MR) is 105 cm³/mol. The molecule has 3 aromatic rings. The maximum Gasteiger partial charge on any atom is 0.414 e. The van der Waals surface area contributed by atoms with Crippen LogP contribution in [0.25, 0.3) is 5.69 Å². The molecule has 0 unspecified atom stereocenters. The zero-order chi connectivity index (χ0) is 19.5. The maximum atomic E-state index is 12.4. The van der Waals surface area contributed by atoms with Crippen molar-refractivity contribution in [3.63, 3.8) is 0 Å². The minimum atomic E-state index is -0.351. The fraction of sp³-hybridized carbons (Fsp3) is 0.150. The highest BCUT2D eigenvalue weighted by atomic mass is 35.5. The topological polar surface area (TPSA) is 76.5 Å². The third-order valence-electron chi connectivity index (χ3n) is 4.37. The second-order valence-corrected chi connectivity index (χ2v) is 6.71. The second kappa shape index (κ2) is 7.74. The normalized spacial score (nSPS) is 13.5. The number of amides is 2. The first-order chi connectivity index (χ1) is 13.6. The fourth-order valence-corrected chi connectivity index (χ4v) is 3.05. The molecule has 0 aliphatic carbocycles. The van der Waals surface area contributed by atoms with Crippen LogP contribution >= 0.6 is 11.6 Å². The number of ether oxygens (including phenoxy) is 1. The number of rotatable bonds is 5. The van der Waals surface area contributed by atoms with Gasteiger partial charge in [0.25, 0.3) is 5.91 Å². The fourth-order valence-electron chi connectivity index (χ4n) is 2.92. The van der Waals surface area contributed by atoms with Gasteiger partial charge in [0.1, 0.15) is 6.61 Å². The van der Waals surface area contributed by atoms with Gasteiger partial charge in [0.15, 0.2) is 0 Å². The molecule has 7 nitrogen and oxygen atoms in total. The summed E-state index contributed by atoms with van der Waals surface area (Å²) < 4.78 is 6.58. The van der Waals surface area contributed by atoms with E-state index < -0.39 is 0 Å². The van der Waals surface area contributed by atoms with Crippen LogP contribution in [0.5, 0.6) is 0 Å². The minimum absolute atomic E-state index is 0.230. The van der Waals surface area contributed by atoms with E-state index >= 15 is 0 Å². The molecule has 0 spiro atoms. The van der Waals surface area contributed by atoms with Crippen molar-refractivity contribution in [1.82, 2.24) is 15.1 Å². The van der Waals surface area contributed by atoms with E-state index in [2.05, 4.69) is 10.4 Å². The Morgan fingerprint density at radius 3 is 2.75 bits per heavy atom. The summed E-state index contributed by atoms with van der Waals surface area (Å²) >= 11 is 5.89. The predicted octanol–water partition coefficient (Wildman–Crippen LogP) is 3.41. The zero-order valence-corrected chi connectivity index (χ0v) is 15.6. The average Bonchev–Trinajstić information content (AvgIpc) is 3.36. The molecule has 1 aliphatic heterocycles. The number of hydrogen-bond donors (Lipinski definition) is 1. The number of nitrogens with one attached hydrogen (secondary N) is 1. The van der Waals surface area contributed by atoms with Gasteiger partial charge in [-0.2, -0.15) is 5.10 Å². The van der Waals surface area contributed by atoms with E-state index in [1.165, 1.54) is 6.20 Å². The smallest absolute Gasteiger partial charge is 0.414 e. The minimum Gasteiger partial charge on any atom is -0.447 e. The Morgan fingerprint density at radius 2 is 2.00 bits per heavy atom. The number of nitrogens with zero attached hydrogens (tertiary/aromatic N) is 3. The quantitative estimate of drug-likeness (QED) is 0.717. The number of cyclic esters (lactones) is 1. The van der Waals surface area contributed by atoms with Crippen LogP contribution in [0.4, 0.5) is 10.5 Å². The number of benzene rings is 2.